The number of hydrogen-bond donors (Lipinski definition) is 0. The smallest absolute Gasteiger partial charge is 0.137 e. The van der Waals surface area contributed by atoms with Crippen molar-refractivity contribution in [2.75, 3.05) is 6.61 Å². The van der Waals surface area contributed by atoms with E-state index < -0.39 is 0 Å². The summed E-state index contributed by atoms with van der Waals surface area (Å²) in [7, 11) is 0. The minimum absolute atomic E-state index is 0.0459. The summed E-state index contributed by atoms with van der Waals surface area (Å²) in [5.41, 5.74) is 0.754. The van der Waals surface area contributed by atoms with Gasteiger partial charge in [-0.15, -0.1) is 0 Å². The summed E-state index contributed by atoms with van der Waals surface area (Å²) < 4.78 is 5.58. The van der Waals surface area contributed by atoms with Gasteiger partial charge in [0.25, 0.3) is 0 Å². The van der Waals surface area contributed by atoms with Crippen LogP contribution in [0.25, 0.3) is 6.08 Å². The fourth-order valence-corrected chi connectivity index (χ4v) is 1.63. The Balaban J connectivity index is 2.79. The van der Waals surface area contributed by atoms with Crippen LogP contribution in [0, 0.1) is 28.6 Å². The fourth-order valence-electron chi connectivity index (χ4n) is 1.38. The van der Waals surface area contributed by atoms with Crippen molar-refractivity contribution >= 4 is 17.7 Å². The van der Waals surface area contributed by atoms with Gasteiger partial charge < -0.3 is 4.74 Å². The summed E-state index contributed by atoms with van der Waals surface area (Å²) in [5.74, 6) is 1.20. The van der Waals surface area contributed by atoms with Crippen molar-refractivity contribution in [2.24, 2.45) is 5.92 Å². The highest BCUT2D eigenvalue weighted by Gasteiger charge is 2.04. The van der Waals surface area contributed by atoms with Crippen molar-refractivity contribution in [3.63, 3.8) is 0 Å². The maximum atomic E-state index is 8.68. The quantitative estimate of drug-likeness (QED) is 0.756. The van der Waals surface area contributed by atoms with Crippen molar-refractivity contribution in [1.82, 2.24) is 0 Å². The molecule has 19 heavy (non-hydrogen) atoms. The lowest BCUT2D eigenvalue weighted by atomic mass is 10.1. The average molecular weight is 275 g/mol. The van der Waals surface area contributed by atoms with Gasteiger partial charge in [0, 0.05) is 0 Å². The van der Waals surface area contributed by atoms with Crippen molar-refractivity contribution in [2.45, 2.75) is 20.3 Å². The van der Waals surface area contributed by atoms with Crippen LogP contribution in [0.4, 0.5) is 0 Å². The Labute approximate surface area is 118 Å². The SMILES string of the molecule is CC(C)CCOc1ccc(C=C(C#N)C#N)cc1Cl. The van der Waals surface area contributed by atoms with Gasteiger partial charge in [-0.1, -0.05) is 31.5 Å². The fraction of sp³-hybridized carbons (Fsp3) is 0.333. The van der Waals surface area contributed by atoms with Gasteiger partial charge in [-0.3, -0.25) is 0 Å². The van der Waals surface area contributed by atoms with Gasteiger partial charge in [0.2, 0.25) is 0 Å². The molecule has 0 heterocycles. The molecule has 3 nitrogen and oxygen atoms in total. The van der Waals surface area contributed by atoms with E-state index in [0.717, 1.165) is 6.42 Å². The van der Waals surface area contributed by atoms with Crippen LogP contribution >= 0.6 is 11.6 Å². The summed E-state index contributed by atoms with van der Waals surface area (Å²) in [4.78, 5) is 0. The third-order valence-corrected chi connectivity index (χ3v) is 2.76. The zero-order valence-electron chi connectivity index (χ0n) is 11.0. The van der Waals surface area contributed by atoms with E-state index in [2.05, 4.69) is 13.8 Å². The topological polar surface area (TPSA) is 56.8 Å². The first-order valence-electron chi connectivity index (χ1n) is 6.01. The van der Waals surface area contributed by atoms with Gasteiger partial charge >= 0.3 is 0 Å². The molecule has 0 bridgehead atoms. The summed E-state index contributed by atoms with van der Waals surface area (Å²) in [6.07, 6.45) is 2.45. The molecular weight excluding hydrogens is 260 g/mol. The highest BCUT2D eigenvalue weighted by atomic mass is 35.5. The molecule has 0 aromatic heterocycles. The monoisotopic (exact) mass is 274 g/mol. The molecule has 0 aliphatic heterocycles. The maximum absolute atomic E-state index is 8.68. The first-order valence-corrected chi connectivity index (χ1v) is 6.39. The van der Waals surface area contributed by atoms with Crippen molar-refractivity contribution in [1.29, 1.82) is 10.5 Å². The van der Waals surface area contributed by atoms with Gasteiger partial charge in [-0.25, -0.2) is 0 Å². The van der Waals surface area contributed by atoms with Crippen LogP contribution in [0.5, 0.6) is 5.75 Å². The Morgan fingerprint density at radius 3 is 2.58 bits per heavy atom. The zero-order chi connectivity index (χ0) is 14.3. The first-order chi connectivity index (χ1) is 9.06. The summed E-state index contributed by atoms with van der Waals surface area (Å²) in [6, 6.07) is 8.81. The highest BCUT2D eigenvalue weighted by molar-refractivity contribution is 6.32. The van der Waals surface area contributed by atoms with Crippen LogP contribution in [0.15, 0.2) is 23.8 Å². The van der Waals surface area contributed by atoms with Gasteiger partial charge in [-0.05, 0) is 36.1 Å². The van der Waals surface area contributed by atoms with Crippen LogP contribution in [0.1, 0.15) is 25.8 Å². The largest absolute Gasteiger partial charge is 0.492 e. The average Bonchev–Trinajstić information content (AvgIpc) is 2.38. The molecule has 0 N–H and O–H groups in total. The molecule has 0 spiro atoms. The number of allylic oxidation sites excluding steroid dienone is 1. The molecule has 1 aromatic rings. The van der Waals surface area contributed by atoms with Gasteiger partial charge in [0.1, 0.15) is 23.5 Å². The first kappa shape index (κ1) is 15.1. The minimum atomic E-state index is 0.0459. The third kappa shape index (κ3) is 5.04. The van der Waals surface area contributed by atoms with Gasteiger partial charge in [0.05, 0.1) is 11.6 Å². The molecule has 0 amide bonds. The Kier molecular flexibility index (Phi) is 5.93. The second-order valence-electron chi connectivity index (χ2n) is 4.50. The predicted molar refractivity (Wildman–Crippen MR) is 75.6 cm³/mol. The van der Waals surface area contributed by atoms with Crippen molar-refractivity contribution in [3.05, 3.63) is 34.4 Å². The number of nitrogens with zero attached hydrogens (tertiary/aromatic N) is 2. The molecule has 0 aliphatic carbocycles. The number of benzene rings is 1. The van der Waals surface area contributed by atoms with Crippen LogP contribution in [-0.4, -0.2) is 6.61 Å². The molecule has 0 radical (unpaired) electrons. The van der Waals surface area contributed by atoms with Crippen molar-refractivity contribution in [3.8, 4) is 17.9 Å². The van der Waals surface area contributed by atoms with Crippen LogP contribution in [0.2, 0.25) is 5.02 Å². The van der Waals surface area contributed by atoms with Gasteiger partial charge in [-0.2, -0.15) is 10.5 Å². The lowest BCUT2D eigenvalue weighted by molar-refractivity contribution is 0.289. The molecule has 0 fully saturated rings. The Hall–Kier alpha value is -1.97. The minimum Gasteiger partial charge on any atom is -0.492 e. The highest BCUT2D eigenvalue weighted by Crippen LogP contribution is 2.26. The van der Waals surface area contributed by atoms with E-state index in [0.29, 0.717) is 28.9 Å². The van der Waals surface area contributed by atoms with E-state index in [1.807, 2.05) is 0 Å². The van der Waals surface area contributed by atoms with E-state index in [4.69, 9.17) is 26.9 Å². The lowest BCUT2D eigenvalue weighted by Gasteiger charge is -2.09. The predicted octanol–water partition coefficient (Wildman–Crippen LogP) is 4.20. The van der Waals surface area contributed by atoms with E-state index in [-0.39, 0.29) is 5.57 Å². The van der Waals surface area contributed by atoms with Crippen LogP contribution < -0.4 is 4.74 Å². The summed E-state index contributed by atoms with van der Waals surface area (Å²) in [5, 5.41) is 17.8. The van der Waals surface area contributed by atoms with E-state index >= 15 is 0 Å². The zero-order valence-corrected chi connectivity index (χ0v) is 11.7. The normalized spacial score (nSPS) is 9.58. The molecule has 0 saturated heterocycles. The molecule has 98 valence electrons. The molecule has 0 atom stereocenters. The number of halogens is 1. The molecule has 0 aliphatic rings. The van der Waals surface area contributed by atoms with Crippen molar-refractivity contribution < 1.29 is 4.74 Å². The van der Waals surface area contributed by atoms with E-state index in [1.54, 1.807) is 30.3 Å². The maximum Gasteiger partial charge on any atom is 0.137 e. The number of hydrogen-bond acceptors (Lipinski definition) is 3. The third-order valence-electron chi connectivity index (χ3n) is 2.46. The summed E-state index contributed by atoms with van der Waals surface area (Å²) in [6.45, 7) is 4.88. The lowest BCUT2D eigenvalue weighted by Crippen LogP contribution is -2.01. The van der Waals surface area contributed by atoms with Crippen LogP contribution in [0.3, 0.4) is 0 Å². The second-order valence-corrected chi connectivity index (χ2v) is 4.91. The van der Waals surface area contributed by atoms with E-state index in [9.17, 15) is 0 Å². The molecule has 0 saturated carbocycles. The number of rotatable bonds is 5. The second kappa shape index (κ2) is 7.46. The Morgan fingerprint density at radius 2 is 2.05 bits per heavy atom. The molecule has 0 unspecified atom stereocenters. The molecule has 1 aromatic carbocycles. The molecule has 1 rings (SSSR count). The molecule has 4 heteroatoms. The Bertz CT molecular complexity index is 534. The number of ether oxygens (including phenoxy) is 1. The standard InChI is InChI=1S/C15H15ClN2O/c1-11(2)5-6-19-15-4-3-12(8-14(15)16)7-13(9-17)10-18/h3-4,7-8,11H,5-6H2,1-2H3. The number of nitriles is 2. The van der Waals surface area contributed by atoms with Crippen LogP contribution in [-0.2, 0) is 0 Å². The summed E-state index contributed by atoms with van der Waals surface area (Å²) >= 11 is 6.09. The Morgan fingerprint density at radius 1 is 1.37 bits per heavy atom. The molecular formula is C15H15ClN2O. The van der Waals surface area contributed by atoms with E-state index in [1.165, 1.54) is 6.08 Å². The van der Waals surface area contributed by atoms with Gasteiger partial charge in [0.15, 0.2) is 0 Å².